The van der Waals surface area contributed by atoms with Gasteiger partial charge in [0.05, 0.1) is 31.6 Å². The van der Waals surface area contributed by atoms with Crippen LogP contribution in [-0.2, 0) is 9.47 Å². The number of hydrogen-bond acceptors (Lipinski definition) is 5. The number of rotatable bonds is 2. The fourth-order valence-corrected chi connectivity index (χ4v) is 1.90. The minimum atomic E-state index is -0.341. The molecule has 5 heteroatoms. The summed E-state index contributed by atoms with van der Waals surface area (Å²) in [5.74, 6) is -0.341. The summed E-state index contributed by atoms with van der Waals surface area (Å²) >= 11 is 0. The molecule has 0 bridgehead atoms. The molecule has 2 rings (SSSR count). The molecule has 17 heavy (non-hydrogen) atoms. The molecule has 0 radical (unpaired) electrons. The third-order valence-electron chi connectivity index (χ3n) is 2.78. The van der Waals surface area contributed by atoms with Crippen molar-refractivity contribution in [2.24, 2.45) is 0 Å². The molecule has 0 aliphatic carbocycles. The summed E-state index contributed by atoms with van der Waals surface area (Å²) in [5, 5.41) is 0. The van der Waals surface area contributed by atoms with Crippen LogP contribution in [0.2, 0.25) is 0 Å². The van der Waals surface area contributed by atoms with Crippen molar-refractivity contribution in [3.8, 4) is 0 Å². The third-order valence-corrected chi connectivity index (χ3v) is 2.78. The number of carbonyl (C=O) groups excluding carboxylic acids is 1. The highest BCUT2D eigenvalue weighted by Crippen LogP contribution is 2.25. The van der Waals surface area contributed by atoms with E-state index in [1.165, 1.54) is 7.11 Å². The van der Waals surface area contributed by atoms with Gasteiger partial charge >= 0.3 is 5.97 Å². The normalized spacial score (nSPS) is 15.7. The van der Waals surface area contributed by atoms with Crippen molar-refractivity contribution < 1.29 is 14.3 Å². The molecule has 2 N–H and O–H groups in total. The summed E-state index contributed by atoms with van der Waals surface area (Å²) in [4.78, 5) is 13.8. The van der Waals surface area contributed by atoms with Crippen molar-refractivity contribution in [3.63, 3.8) is 0 Å². The molecule has 0 spiro atoms. The Bertz CT molecular complexity index is 414. The highest BCUT2D eigenvalue weighted by atomic mass is 16.5. The number of anilines is 2. The van der Waals surface area contributed by atoms with Crippen LogP contribution in [0.25, 0.3) is 0 Å². The third kappa shape index (κ3) is 2.50. The van der Waals surface area contributed by atoms with Crippen LogP contribution >= 0.6 is 0 Å². The van der Waals surface area contributed by atoms with E-state index in [9.17, 15) is 4.79 Å². The maximum absolute atomic E-state index is 11.7. The minimum Gasteiger partial charge on any atom is -0.465 e. The molecule has 5 nitrogen and oxygen atoms in total. The first-order valence-electron chi connectivity index (χ1n) is 5.53. The lowest BCUT2D eigenvalue weighted by Crippen LogP contribution is -2.37. The van der Waals surface area contributed by atoms with Gasteiger partial charge in [-0.3, -0.25) is 0 Å². The van der Waals surface area contributed by atoms with Crippen molar-refractivity contribution >= 4 is 17.3 Å². The Morgan fingerprint density at radius 2 is 2.12 bits per heavy atom. The van der Waals surface area contributed by atoms with Crippen molar-refractivity contribution in [3.05, 3.63) is 23.8 Å². The Morgan fingerprint density at radius 3 is 2.76 bits per heavy atom. The standard InChI is InChI=1S/C12H16N2O3/c1-16-12(15)10-3-2-9(13)8-11(10)14-4-6-17-7-5-14/h2-3,8H,4-7,13H2,1H3. The highest BCUT2D eigenvalue weighted by molar-refractivity contribution is 5.96. The number of carbonyl (C=O) groups is 1. The quantitative estimate of drug-likeness (QED) is 0.610. The minimum absolute atomic E-state index is 0.341. The number of methoxy groups -OCH3 is 1. The summed E-state index contributed by atoms with van der Waals surface area (Å²) < 4.78 is 10.1. The molecule has 1 aromatic carbocycles. The van der Waals surface area contributed by atoms with E-state index in [-0.39, 0.29) is 5.97 Å². The number of morpholine rings is 1. The lowest BCUT2D eigenvalue weighted by molar-refractivity contribution is 0.0600. The molecular formula is C12H16N2O3. The van der Waals surface area contributed by atoms with Gasteiger partial charge in [0.2, 0.25) is 0 Å². The second kappa shape index (κ2) is 5.05. The number of hydrogen-bond donors (Lipinski definition) is 1. The molecule has 1 aromatic rings. The van der Waals surface area contributed by atoms with E-state index in [2.05, 4.69) is 4.90 Å². The van der Waals surface area contributed by atoms with E-state index in [0.717, 1.165) is 18.8 Å². The average Bonchev–Trinajstić information content (AvgIpc) is 2.39. The number of nitrogens with zero attached hydrogens (tertiary/aromatic N) is 1. The Hall–Kier alpha value is -1.75. The van der Waals surface area contributed by atoms with Crippen LogP contribution in [0.4, 0.5) is 11.4 Å². The number of nitrogen functional groups attached to an aromatic ring is 1. The van der Waals surface area contributed by atoms with Gasteiger partial charge in [0, 0.05) is 18.8 Å². The van der Waals surface area contributed by atoms with Crippen LogP contribution in [0.5, 0.6) is 0 Å². The molecule has 92 valence electrons. The summed E-state index contributed by atoms with van der Waals surface area (Å²) in [6.45, 7) is 2.84. The van der Waals surface area contributed by atoms with Gasteiger partial charge in [-0.05, 0) is 18.2 Å². The van der Waals surface area contributed by atoms with Crippen LogP contribution in [-0.4, -0.2) is 39.4 Å². The van der Waals surface area contributed by atoms with Gasteiger partial charge in [-0.1, -0.05) is 0 Å². The van der Waals surface area contributed by atoms with Crippen LogP contribution in [0.15, 0.2) is 18.2 Å². The molecule has 1 heterocycles. The number of nitrogens with two attached hydrogens (primary N) is 1. The lowest BCUT2D eigenvalue weighted by atomic mass is 10.1. The summed E-state index contributed by atoms with van der Waals surface area (Å²) in [6, 6.07) is 5.21. The molecule has 0 atom stereocenters. The van der Waals surface area contributed by atoms with Crippen LogP contribution in [0, 0.1) is 0 Å². The number of ether oxygens (including phenoxy) is 2. The van der Waals surface area contributed by atoms with Crippen molar-refractivity contribution in [1.82, 2.24) is 0 Å². The fraction of sp³-hybridized carbons (Fsp3) is 0.417. The van der Waals surface area contributed by atoms with E-state index in [1.54, 1.807) is 18.2 Å². The summed E-state index contributed by atoms with van der Waals surface area (Å²) in [7, 11) is 1.38. The molecule has 0 unspecified atom stereocenters. The average molecular weight is 236 g/mol. The molecular weight excluding hydrogens is 220 g/mol. The molecule has 0 saturated carbocycles. The SMILES string of the molecule is COC(=O)c1ccc(N)cc1N1CCOCC1. The maximum atomic E-state index is 11.7. The summed E-state index contributed by atoms with van der Waals surface area (Å²) in [6.07, 6.45) is 0. The van der Waals surface area contributed by atoms with Gasteiger partial charge in [0.25, 0.3) is 0 Å². The fourth-order valence-electron chi connectivity index (χ4n) is 1.90. The van der Waals surface area contributed by atoms with Gasteiger partial charge in [-0.15, -0.1) is 0 Å². The van der Waals surface area contributed by atoms with Gasteiger partial charge in [-0.2, -0.15) is 0 Å². The van der Waals surface area contributed by atoms with Gasteiger partial charge < -0.3 is 20.1 Å². The molecule has 0 amide bonds. The van der Waals surface area contributed by atoms with Crippen molar-refractivity contribution in [2.75, 3.05) is 44.0 Å². The zero-order valence-corrected chi connectivity index (χ0v) is 9.81. The largest absolute Gasteiger partial charge is 0.465 e. The van der Waals surface area contributed by atoms with Gasteiger partial charge in [0.1, 0.15) is 0 Å². The predicted molar refractivity (Wildman–Crippen MR) is 65.2 cm³/mol. The zero-order chi connectivity index (χ0) is 12.3. The van der Waals surface area contributed by atoms with E-state index in [4.69, 9.17) is 15.2 Å². The van der Waals surface area contributed by atoms with Crippen LogP contribution in [0.3, 0.4) is 0 Å². The van der Waals surface area contributed by atoms with E-state index < -0.39 is 0 Å². The maximum Gasteiger partial charge on any atom is 0.339 e. The Kier molecular flexibility index (Phi) is 3.49. The topological polar surface area (TPSA) is 64.8 Å². The van der Waals surface area contributed by atoms with Gasteiger partial charge in [0.15, 0.2) is 0 Å². The van der Waals surface area contributed by atoms with E-state index in [0.29, 0.717) is 24.5 Å². The first-order valence-corrected chi connectivity index (χ1v) is 5.53. The van der Waals surface area contributed by atoms with Crippen LogP contribution < -0.4 is 10.6 Å². The van der Waals surface area contributed by atoms with Crippen LogP contribution in [0.1, 0.15) is 10.4 Å². The number of esters is 1. The second-order valence-electron chi connectivity index (χ2n) is 3.87. The van der Waals surface area contributed by atoms with E-state index >= 15 is 0 Å². The lowest BCUT2D eigenvalue weighted by Gasteiger charge is -2.30. The first-order chi connectivity index (χ1) is 8.22. The second-order valence-corrected chi connectivity index (χ2v) is 3.87. The van der Waals surface area contributed by atoms with E-state index in [1.807, 2.05) is 0 Å². The smallest absolute Gasteiger partial charge is 0.339 e. The highest BCUT2D eigenvalue weighted by Gasteiger charge is 2.19. The summed E-state index contributed by atoms with van der Waals surface area (Å²) in [5.41, 5.74) is 7.77. The molecule has 1 fully saturated rings. The Morgan fingerprint density at radius 1 is 1.41 bits per heavy atom. The Balaban J connectivity index is 2.35. The zero-order valence-electron chi connectivity index (χ0n) is 9.81. The molecule has 0 aromatic heterocycles. The monoisotopic (exact) mass is 236 g/mol. The van der Waals surface area contributed by atoms with Crippen molar-refractivity contribution in [1.29, 1.82) is 0 Å². The Labute approximate surface area is 100 Å². The first kappa shape index (κ1) is 11.7. The molecule has 1 aliphatic heterocycles. The van der Waals surface area contributed by atoms with Gasteiger partial charge in [-0.25, -0.2) is 4.79 Å². The predicted octanol–water partition coefficient (Wildman–Crippen LogP) is 0.892. The van der Waals surface area contributed by atoms with Crippen molar-refractivity contribution in [2.45, 2.75) is 0 Å². The number of benzene rings is 1. The molecule has 1 saturated heterocycles. The molecule has 1 aliphatic rings.